The molecule has 0 aliphatic carbocycles. The number of aromatic amines is 1. The third-order valence-corrected chi connectivity index (χ3v) is 4.35. The normalized spacial score (nSPS) is 12.5. The summed E-state index contributed by atoms with van der Waals surface area (Å²) in [5.41, 5.74) is 3.67. The van der Waals surface area contributed by atoms with Gasteiger partial charge in [0.1, 0.15) is 5.52 Å². The van der Waals surface area contributed by atoms with Gasteiger partial charge in [-0.3, -0.25) is 5.10 Å². The lowest BCUT2D eigenvalue weighted by Crippen LogP contribution is -2.24. The minimum absolute atomic E-state index is 0.0348. The first-order chi connectivity index (χ1) is 12.6. The fourth-order valence-electron chi connectivity index (χ4n) is 2.75. The average molecular weight is 354 g/mol. The molecule has 0 amide bonds. The monoisotopic (exact) mass is 354 g/mol. The van der Waals surface area contributed by atoms with Crippen molar-refractivity contribution in [3.63, 3.8) is 0 Å². The third-order valence-electron chi connectivity index (χ3n) is 4.35. The van der Waals surface area contributed by atoms with Gasteiger partial charge in [0.25, 0.3) is 0 Å². The van der Waals surface area contributed by atoms with Gasteiger partial charge in [0.2, 0.25) is 5.95 Å². The van der Waals surface area contributed by atoms with E-state index in [1.54, 1.807) is 0 Å². The maximum Gasteiger partial charge on any atom is 0.225 e. The Labute approximate surface area is 153 Å². The molecular formula is C19H26N6O. The lowest BCUT2D eigenvalue weighted by Gasteiger charge is -2.15. The van der Waals surface area contributed by atoms with E-state index in [1.165, 1.54) is 0 Å². The van der Waals surface area contributed by atoms with Gasteiger partial charge in [-0.05, 0) is 17.9 Å². The van der Waals surface area contributed by atoms with E-state index < -0.39 is 0 Å². The van der Waals surface area contributed by atoms with Crippen molar-refractivity contribution in [1.82, 2.24) is 20.2 Å². The minimum atomic E-state index is -0.0798. The van der Waals surface area contributed by atoms with Crippen LogP contribution in [-0.4, -0.2) is 37.9 Å². The van der Waals surface area contributed by atoms with Gasteiger partial charge in [0.05, 0.1) is 18.3 Å². The number of H-pyrrole nitrogens is 1. The summed E-state index contributed by atoms with van der Waals surface area (Å²) in [6.07, 6.45) is 0.785. The molecule has 26 heavy (non-hydrogen) atoms. The van der Waals surface area contributed by atoms with Crippen LogP contribution in [0.25, 0.3) is 11.0 Å². The second-order valence-electron chi connectivity index (χ2n) is 6.66. The summed E-state index contributed by atoms with van der Waals surface area (Å²) in [6, 6.07) is 10.1. The highest BCUT2D eigenvalue weighted by atomic mass is 16.3. The molecule has 3 rings (SSSR count). The van der Waals surface area contributed by atoms with Gasteiger partial charge in [-0.15, -0.1) is 0 Å². The van der Waals surface area contributed by atoms with Crippen LogP contribution in [0.2, 0.25) is 0 Å². The molecule has 0 radical (unpaired) electrons. The van der Waals surface area contributed by atoms with Crippen molar-refractivity contribution >= 4 is 22.8 Å². The van der Waals surface area contributed by atoms with E-state index in [0.29, 0.717) is 18.3 Å². The SMILES string of the molecule is CC[C@@H](CO)Nc1nc(NCc2ccccc2)c2n[nH]c(C(C)C)c2n1. The predicted octanol–water partition coefficient (Wildman–Crippen LogP) is 3.27. The number of nitrogens with one attached hydrogen (secondary N) is 3. The van der Waals surface area contributed by atoms with E-state index >= 15 is 0 Å². The largest absolute Gasteiger partial charge is 0.394 e. The number of nitrogens with zero attached hydrogens (tertiary/aromatic N) is 3. The topological polar surface area (TPSA) is 98.7 Å². The first kappa shape index (κ1) is 18.1. The Bertz CT molecular complexity index is 842. The average Bonchev–Trinajstić information content (AvgIpc) is 3.09. The van der Waals surface area contributed by atoms with Crippen molar-refractivity contribution < 1.29 is 5.11 Å². The van der Waals surface area contributed by atoms with Gasteiger partial charge in [-0.2, -0.15) is 10.1 Å². The van der Waals surface area contributed by atoms with Gasteiger partial charge in [0, 0.05) is 6.54 Å². The number of hydrogen-bond donors (Lipinski definition) is 4. The number of hydrogen-bond acceptors (Lipinski definition) is 6. The van der Waals surface area contributed by atoms with Crippen LogP contribution in [0.4, 0.5) is 11.8 Å². The number of fused-ring (bicyclic) bond motifs is 1. The molecule has 1 aromatic carbocycles. The number of aliphatic hydroxyl groups is 1. The zero-order chi connectivity index (χ0) is 18.5. The lowest BCUT2D eigenvalue weighted by atomic mass is 10.1. The van der Waals surface area contributed by atoms with Crippen LogP contribution in [0, 0.1) is 0 Å². The molecule has 0 unspecified atom stereocenters. The summed E-state index contributed by atoms with van der Waals surface area (Å²) in [5, 5.41) is 23.6. The number of aromatic nitrogens is 4. The molecule has 0 bridgehead atoms. The molecule has 0 aliphatic rings. The molecule has 3 aromatic rings. The van der Waals surface area contributed by atoms with Crippen molar-refractivity contribution in [3.8, 4) is 0 Å². The van der Waals surface area contributed by atoms with Crippen LogP contribution in [0.5, 0.6) is 0 Å². The first-order valence-corrected chi connectivity index (χ1v) is 9.03. The van der Waals surface area contributed by atoms with Crippen molar-refractivity contribution in [2.75, 3.05) is 17.2 Å². The molecule has 7 nitrogen and oxygen atoms in total. The van der Waals surface area contributed by atoms with Crippen LogP contribution in [-0.2, 0) is 6.54 Å². The summed E-state index contributed by atoms with van der Waals surface area (Å²) in [7, 11) is 0. The van der Waals surface area contributed by atoms with E-state index in [4.69, 9.17) is 0 Å². The zero-order valence-electron chi connectivity index (χ0n) is 15.5. The predicted molar refractivity (Wildman–Crippen MR) is 104 cm³/mol. The van der Waals surface area contributed by atoms with E-state index in [1.807, 2.05) is 25.1 Å². The Balaban J connectivity index is 1.96. The highest BCUT2D eigenvalue weighted by Crippen LogP contribution is 2.27. The molecule has 0 aliphatic heterocycles. The van der Waals surface area contributed by atoms with Crippen molar-refractivity contribution in [3.05, 3.63) is 41.6 Å². The Hall–Kier alpha value is -2.67. The highest BCUT2D eigenvalue weighted by molar-refractivity contribution is 5.88. The molecule has 2 heterocycles. The van der Waals surface area contributed by atoms with Gasteiger partial charge in [0.15, 0.2) is 11.3 Å². The first-order valence-electron chi connectivity index (χ1n) is 9.03. The zero-order valence-corrected chi connectivity index (χ0v) is 15.5. The van der Waals surface area contributed by atoms with Crippen molar-refractivity contribution in [1.29, 1.82) is 0 Å². The summed E-state index contributed by atoms with van der Waals surface area (Å²) in [6.45, 7) is 6.89. The van der Waals surface area contributed by atoms with E-state index in [-0.39, 0.29) is 18.6 Å². The van der Waals surface area contributed by atoms with E-state index in [0.717, 1.165) is 28.7 Å². The Morgan fingerprint density at radius 2 is 1.88 bits per heavy atom. The van der Waals surface area contributed by atoms with Gasteiger partial charge in [-0.25, -0.2) is 4.98 Å². The number of rotatable bonds is 8. The standard InChI is InChI=1S/C19H26N6O/c1-4-14(11-26)21-19-22-16-15(12(2)3)24-25-17(16)18(23-19)20-10-13-8-6-5-7-9-13/h5-9,12,14,26H,4,10-11H2,1-3H3,(H,24,25)(H2,20,21,22,23)/t14-/m0/s1. The summed E-state index contributed by atoms with van der Waals surface area (Å²) in [4.78, 5) is 9.24. The summed E-state index contributed by atoms with van der Waals surface area (Å²) < 4.78 is 0. The van der Waals surface area contributed by atoms with Gasteiger partial charge >= 0.3 is 0 Å². The lowest BCUT2D eigenvalue weighted by molar-refractivity contribution is 0.271. The maximum atomic E-state index is 9.47. The van der Waals surface area contributed by atoms with E-state index in [2.05, 4.69) is 56.8 Å². The Morgan fingerprint density at radius 3 is 2.54 bits per heavy atom. The number of anilines is 2. The molecule has 0 fully saturated rings. The maximum absolute atomic E-state index is 9.47. The highest BCUT2D eigenvalue weighted by Gasteiger charge is 2.17. The smallest absolute Gasteiger partial charge is 0.225 e. The molecule has 138 valence electrons. The third kappa shape index (κ3) is 3.94. The minimum Gasteiger partial charge on any atom is -0.394 e. The fourth-order valence-corrected chi connectivity index (χ4v) is 2.75. The molecule has 0 saturated carbocycles. The van der Waals surface area contributed by atoms with Crippen LogP contribution >= 0.6 is 0 Å². The van der Waals surface area contributed by atoms with Crippen LogP contribution in [0.3, 0.4) is 0 Å². The molecular weight excluding hydrogens is 328 g/mol. The molecule has 0 spiro atoms. The molecule has 4 N–H and O–H groups in total. The Kier molecular flexibility index (Phi) is 5.68. The summed E-state index contributed by atoms with van der Waals surface area (Å²) >= 11 is 0. The Morgan fingerprint density at radius 1 is 1.12 bits per heavy atom. The number of benzene rings is 1. The van der Waals surface area contributed by atoms with Crippen LogP contribution < -0.4 is 10.6 Å². The quantitative estimate of drug-likeness (QED) is 0.495. The van der Waals surface area contributed by atoms with Gasteiger partial charge in [-0.1, -0.05) is 51.1 Å². The molecule has 7 heteroatoms. The van der Waals surface area contributed by atoms with Crippen molar-refractivity contribution in [2.45, 2.75) is 45.7 Å². The van der Waals surface area contributed by atoms with Crippen LogP contribution in [0.1, 0.15) is 44.4 Å². The summed E-state index contributed by atoms with van der Waals surface area (Å²) in [5.74, 6) is 1.44. The molecule has 2 aromatic heterocycles. The number of aliphatic hydroxyl groups excluding tert-OH is 1. The fraction of sp³-hybridized carbons (Fsp3) is 0.421. The molecule has 1 atom stereocenters. The van der Waals surface area contributed by atoms with Gasteiger partial charge < -0.3 is 15.7 Å². The second-order valence-corrected chi connectivity index (χ2v) is 6.66. The second kappa shape index (κ2) is 8.14. The van der Waals surface area contributed by atoms with E-state index in [9.17, 15) is 5.11 Å². The molecule has 0 saturated heterocycles. The van der Waals surface area contributed by atoms with Crippen molar-refractivity contribution in [2.24, 2.45) is 0 Å². The van der Waals surface area contributed by atoms with Crippen LogP contribution in [0.15, 0.2) is 30.3 Å².